The third-order valence-electron chi connectivity index (χ3n) is 2.72. The maximum absolute atomic E-state index is 7.50. The third kappa shape index (κ3) is 3.14. The van der Waals surface area contributed by atoms with E-state index in [9.17, 15) is 0 Å². The molecule has 1 aromatic carbocycles. The number of hydrogen-bond donors (Lipinski definition) is 2. The molecule has 2 aromatic rings. The van der Waals surface area contributed by atoms with Crippen LogP contribution in [0.1, 0.15) is 31.0 Å². The van der Waals surface area contributed by atoms with Gasteiger partial charge in [0.1, 0.15) is 11.6 Å². The van der Waals surface area contributed by atoms with Gasteiger partial charge in [-0.3, -0.25) is 5.41 Å². The smallest absolute Gasteiger partial charge is 0.249 e. The quantitative estimate of drug-likeness (QED) is 0.662. The van der Waals surface area contributed by atoms with Crippen molar-refractivity contribution in [3.8, 4) is 11.6 Å². The van der Waals surface area contributed by atoms with Gasteiger partial charge in [-0.1, -0.05) is 29.8 Å². The molecule has 20 heavy (non-hydrogen) atoms. The Kier molecular flexibility index (Phi) is 4.34. The molecule has 0 bridgehead atoms. The topological polar surface area (TPSA) is 84.9 Å². The molecule has 3 N–H and O–H groups in total. The van der Waals surface area contributed by atoms with E-state index in [-0.39, 0.29) is 17.4 Å². The normalized spacial score (nSPS) is 10.6. The zero-order chi connectivity index (χ0) is 14.7. The summed E-state index contributed by atoms with van der Waals surface area (Å²) in [5.74, 6) is 1.05. The van der Waals surface area contributed by atoms with E-state index in [1.165, 1.54) is 12.4 Å². The summed E-state index contributed by atoms with van der Waals surface area (Å²) in [5, 5.41) is 7.50. The molecule has 0 fully saturated rings. The van der Waals surface area contributed by atoms with Crippen molar-refractivity contribution in [2.45, 2.75) is 19.8 Å². The molecule has 5 nitrogen and oxygen atoms in total. The van der Waals surface area contributed by atoms with Gasteiger partial charge in [-0.15, -0.1) is 0 Å². The lowest BCUT2D eigenvalue weighted by Crippen LogP contribution is -2.15. The Hall–Kier alpha value is -1.95. The van der Waals surface area contributed by atoms with Gasteiger partial charge in [0, 0.05) is 16.9 Å². The first-order valence-electron chi connectivity index (χ1n) is 6.11. The first kappa shape index (κ1) is 14.5. The van der Waals surface area contributed by atoms with Crippen molar-refractivity contribution in [1.29, 1.82) is 5.41 Å². The molecular weight excluding hydrogens is 320 g/mol. The van der Waals surface area contributed by atoms with E-state index in [2.05, 4.69) is 39.7 Å². The van der Waals surface area contributed by atoms with Crippen LogP contribution in [-0.4, -0.2) is 15.8 Å². The van der Waals surface area contributed by atoms with E-state index >= 15 is 0 Å². The highest BCUT2D eigenvalue weighted by Gasteiger charge is 2.14. The second-order valence-electron chi connectivity index (χ2n) is 4.56. The fourth-order valence-corrected chi connectivity index (χ4v) is 2.13. The molecule has 1 heterocycles. The summed E-state index contributed by atoms with van der Waals surface area (Å²) in [6.45, 7) is 4.16. The molecule has 0 aliphatic heterocycles. The standard InChI is InChI=1S/C14H15BrN4O/c1-8(2)10-7-9(15)3-4-11(10)20-14-12(13(16)17)18-5-6-19-14/h3-8H,1-2H3,(H3,16,17). The highest BCUT2D eigenvalue weighted by Crippen LogP contribution is 2.32. The predicted octanol–water partition coefficient (Wildman–Crippen LogP) is 3.44. The summed E-state index contributed by atoms with van der Waals surface area (Å²) in [5.41, 5.74) is 6.77. The van der Waals surface area contributed by atoms with Gasteiger partial charge in [-0.2, -0.15) is 0 Å². The van der Waals surface area contributed by atoms with Crippen molar-refractivity contribution in [3.63, 3.8) is 0 Å². The predicted molar refractivity (Wildman–Crippen MR) is 81.4 cm³/mol. The van der Waals surface area contributed by atoms with Gasteiger partial charge in [0.25, 0.3) is 0 Å². The second kappa shape index (κ2) is 6.00. The molecule has 0 saturated carbocycles. The monoisotopic (exact) mass is 334 g/mol. The van der Waals surface area contributed by atoms with Crippen molar-refractivity contribution < 1.29 is 4.74 Å². The summed E-state index contributed by atoms with van der Waals surface area (Å²) in [6.07, 6.45) is 2.99. The fraction of sp³-hybridized carbons (Fsp3) is 0.214. The number of ether oxygens (including phenoxy) is 1. The van der Waals surface area contributed by atoms with Crippen LogP contribution in [0.15, 0.2) is 35.1 Å². The number of hydrogen-bond acceptors (Lipinski definition) is 4. The van der Waals surface area contributed by atoms with E-state index in [4.69, 9.17) is 15.9 Å². The van der Waals surface area contributed by atoms with Crippen LogP contribution in [-0.2, 0) is 0 Å². The fourth-order valence-electron chi connectivity index (χ4n) is 1.75. The van der Waals surface area contributed by atoms with E-state index in [0.717, 1.165) is 10.0 Å². The van der Waals surface area contributed by atoms with Gasteiger partial charge < -0.3 is 10.5 Å². The van der Waals surface area contributed by atoms with E-state index in [1.807, 2.05) is 18.2 Å². The average molecular weight is 335 g/mol. The Bertz CT molecular complexity index is 643. The van der Waals surface area contributed by atoms with Gasteiger partial charge in [-0.25, -0.2) is 9.97 Å². The lowest BCUT2D eigenvalue weighted by molar-refractivity contribution is 0.450. The minimum Gasteiger partial charge on any atom is -0.437 e. The second-order valence-corrected chi connectivity index (χ2v) is 5.48. The van der Waals surface area contributed by atoms with Crippen LogP contribution in [0.4, 0.5) is 0 Å². The molecule has 0 unspecified atom stereocenters. The molecule has 0 aliphatic rings. The van der Waals surface area contributed by atoms with Crippen LogP contribution in [0.5, 0.6) is 11.6 Å². The maximum Gasteiger partial charge on any atom is 0.249 e. The maximum atomic E-state index is 7.50. The molecule has 6 heteroatoms. The van der Waals surface area contributed by atoms with Crippen LogP contribution in [0.3, 0.4) is 0 Å². The first-order chi connectivity index (χ1) is 9.49. The largest absolute Gasteiger partial charge is 0.437 e. The lowest BCUT2D eigenvalue weighted by atomic mass is 10.0. The SMILES string of the molecule is CC(C)c1cc(Br)ccc1Oc1nccnc1C(=N)N. The zero-order valence-electron chi connectivity index (χ0n) is 11.2. The molecule has 0 radical (unpaired) electrons. The minimum absolute atomic E-state index is 0.170. The van der Waals surface area contributed by atoms with Crippen LogP contribution in [0, 0.1) is 5.41 Å². The Balaban J connectivity index is 2.43. The molecule has 0 aliphatic carbocycles. The first-order valence-corrected chi connectivity index (χ1v) is 6.91. The van der Waals surface area contributed by atoms with Crippen LogP contribution in [0.2, 0.25) is 0 Å². The lowest BCUT2D eigenvalue weighted by Gasteiger charge is -2.14. The van der Waals surface area contributed by atoms with Crippen molar-refractivity contribution in [3.05, 3.63) is 46.3 Å². The van der Waals surface area contributed by atoms with Crippen molar-refractivity contribution >= 4 is 21.8 Å². The Morgan fingerprint density at radius 1 is 1.30 bits per heavy atom. The summed E-state index contributed by atoms with van der Waals surface area (Å²) in [6, 6.07) is 5.76. The molecule has 2 rings (SSSR count). The van der Waals surface area contributed by atoms with Gasteiger partial charge in [0.15, 0.2) is 5.69 Å². The van der Waals surface area contributed by atoms with Gasteiger partial charge in [0.05, 0.1) is 0 Å². The van der Waals surface area contributed by atoms with Crippen LogP contribution in [0.25, 0.3) is 0 Å². The van der Waals surface area contributed by atoms with Crippen molar-refractivity contribution in [2.75, 3.05) is 0 Å². The molecule has 0 saturated heterocycles. The number of halogens is 1. The molecule has 0 atom stereocenters. The number of nitrogens with two attached hydrogens (primary N) is 1. The van der Waals surface area contributed by atoms with E-state index < -0.39 is 0 Å². The molecule has 104 valence electrons. The number of nitrogen functional groups attached to an aromatic ring is 1. The summed E-state index contributed by atoms with van der Waals surface area (Å²) in [4.78, 5) is 8.12. The van der Waals surface area contributed by atoms with Crippen LogP contribution >= 0.6 is 15.9 Å². The third-order valence-corrected chi connectivity index (χ3v) is 3.21. The number of aromatic nitrogens is 2. The van der Waals surface area contributed by atoms with Crippen molar-refractivity contribution in [1.82, 2.24) is 9.97 Å². The Morgan fingerprint density at radius 3 is 2.65 bits per heavy atom. The molecule has 0 amide bonds. The van der Waals surface area contributed by atoms with Crippen molar-refractivity contribution in [2.24, 2.45) is 5.73 Å². The average Bonchev–Trinajstić information content (AvgIpc) is 2.41. The van der Waals surface area contributed by atoms with Gasteiger partial charge in [-0.05, 0) is 29.7 Å². The number of nitrogens with one attached hydrogen (secondary N) is 1. The summed E-state index contributed by atoms with van der Waals surface area (Å²) >= 11 is 3.45. The van der Waals surface area contributed by atoms with E-state index in [0.29, 0.717) is 11.7 Å². The zero-order valence-corrected chi connectivity index (χ0v) is 12.8. The molecule has 1 aromatic heterocycles. The number of nitrogens with zero attached hydrogens (tertiary/aromatic N) is 2. The van der Waals surface area contributed by atoms with E-state index in [1.54, 1.807) is 0 Å². The number of benzene rings is 1. The minimum atomic E-state index is -0.170. The van der Waals surface area contributed by atoms with Gasteiger partial charge in [0.2, 0.25) is 5.88 Å². The molecular formula is C14H15BrN4O. The summed E-state index contributed by atoms with van der Waals surface area (Å²) < 4.78 is 6.79. The molecule has 0 spiro atoms. The van der Waals surface area contributed by atoms with Gasteiger partial charge >= 0.3 is 0 Å². The number of rotatable bonds is 4. The summed E-state index contributed by atoms with van der Waals surface area (Å²) in [7, 11) is 0. The number of amidine groups is 1. The van der Waals surface area contributed by atoms with Crippen LogP contribution < -0.4 is 10.5 Å². The Morgan fingerprint density at radius 2 is 2.00 bits per heavy atom. The highest BCUT2D eigenvalue weighted by atomic mass is 79.9. The highest BCUT2D eigenvalue weighted by molar-refractivity contribution is 9.10. The Labute approximate surface area is 125 Å².